The van der Waals surface area contributed by atoms with E-state index in [0.717, 1.165) is 10.5 Å². The first-order valence-electron chi connectivity index (χ1n) is 5.70. The number of hydrogen-bond donors (Lipinski definition) is 2. The van der Waals surface area contributed by atoms with Crippen LogP contribution < -0.4 is 5.73 Å². The van der Waals surface area contributed by atoms with Crippen molar-refractivity contribution in [2.45, 2.75) is 17.4 Å². The minimum atomic E-state index is -0.873. The Bertz CT molecular complexity index is 514. The van der Waals surface area contributed by atoms with E-state index in [2.05, 4.69) is 4.98 Å². The second-order valence-electron chi connectivity index (χ2n) is 4.34. The van der Waals surface area contributed by atoms with E-state index in [9.17, 15) is 5.11 Å². The molecule has 0 saturated heterocycles. The lowest BCUT2D eigenvalue weighted by molar-refractivity contribution is 0.0839. The zero-order valence-corrected chi connectivity index (χ0v) is 11.0. The highest BCUT2D eigenvalue weighted by Crippen LogP contribution is 2.31. The maximum atomic E-state index is 10.5. The average molecular weight is 260 g/mol. The summed E-state index contributed by atoms with van der Waals surface area (Å²) in [6, 6.07) is 11.5. The maximum absolute atomic E-state index is 10.5. The zero-order chi connectivity index (χ0) is 13.0. The van der Waals surface area contributed by atoms with Gasteiger partial charge in [0.25, 0.3) is 0 Å². The van der Waals surface area contributed by atoms with Crippen LogP contribution >= 0.6 is 11.8 Å². The molecule has 1 aromatic carbocycles. The molecule has 1 atom stereocenters. The molecule has 1 aromatic heterocycles. The number of thioether (sulfide) groups is 1. The highest BCUT2D eigenvalue weighted by atomic mass is 32.2. The molecule has 0 amide bonds. The zero-order valence-electron chi connectivity index (χ0n) is 10.2. The summed E-state index contributed by atoms with van der Waals surface area (Å²) in [4.78, 5) is 4.89. The molecule has 94 valence electrons. The highest BCUT2D eigenvalue weighted by Gasteiger charge is 2.23. The van der Waals surface area contributed by atoms with Gasteiger partial charge in [0.1, 0.15) is 0 Å². The first-order chi connectivity index (χ1) is 8.59. The van der Waals surface area contributed by atoms with E-state index in [1.54, 1.807) is 12.4 Å². The van der Waals surface area contributed by atoms with Gasteiger partial charge in [-0.15, -0.1) is 11.8 Å². The van der Waals surface area contributed by atoms with Gasteiger partial charge < -0.3 is 10.8 Å². The number of aromatic nitrogens is 1. The first kappa shape index (κ1) is 12.9. The van der Waals surface area contributed by atoms with Crippen molar-refractivity contribution in [3.63, 3.8) is 0 Å². The Kier molecular flexibility index (Phi) is 3.89. The highest BCUT2D eigenvalue weighted by molar-refractivity contribution is 7.99. The van der Waals surface area contributed by atoms with Crippen molar-refractivity contribution >= 4 is 17.4 Å². The summed E-state index contributed by atoms with van der Waals surface area (Å²) in [5, 5.41) is 10.5. The van der Waals surface area contributed by atoms with Crippen molar-refractivity contribution in [3.8, 4) is 0 Å². The lowest BCUT2D eigenvalue weighted by Crippen LogP contribution is -2.24. The number of benzene rings is 1. The number of nitrogen functional groups attached to an aromatic ring is 1. The Morgan fingerprint density at radius 3 is 2.67 bits per heavy atom. The van der Waals surface area contributed by atoms with Crippen LogP contribution in [0.2, 0.25) is 0 Å². The van der Waals surface area contributed by atoms with Crippen LogP contribution in [0.1, 0.15) is 12.5 Å². The first-order valence-corrected chi connectivity index (χ1v) is 6.68. The fourth-order valence-corrected chi connectivity index (χ4v) is 2.60. The topological polar surface area (TPSA) is 59.1 Å². The molecule has 3 N–H and O–H groups in total. The molecular formula is C14H16N2OS. The predicted octanol–water partition coefficient (Wildman–Crippen LogP) is 2.66. The lowest BCUT2D eigenvalue weighted by atomic mass is 9.99. The van der Waals surface area contributed by atoms with Crippen LogP contribution in [-0.4, -0.2) is 15.8 Å². The summed E-state index contributed by atoms with van der Waals surface area (Å²) >= 11 is 1.53. The molecule has 0 fully saturated rings. The second kappa shape index (κ2) is 5.42. The van der Waals surface area contributed by atoms with Crippen molar-refractivity contribution in [1.82, 2.24) is 4.98 Å². The summed E-state index contributed by atoms with van der Waals surface area (Å²) in [6.45, 7) is 1.81. The minimum Gasteiger partial charge on any atom is -0.397 e. The van der Waals surface area contributed by atoms with Gasteiger partial charge in [0, 0.05) is 16.8 Å². The molecule has 0 aliphatic heterocycles. The standard InChI is InChI=1S/C14H16N2OS/c1-14(17,11-5-3-2-4-6-11)10-18-13-7-8-16-9-12(13)15/h2-9,17H,10,15H2,1H3. The van der Waals surface area contributed by atoms with Crippen molar-refractivity contribution in [3.05, 3.63) is 54.4 Å². The number of nitrogens with zero attached hydrogens (tertiary/aromatic N) is 1. The molecule has 2 aromatic rings. The monoisotopic (exact) mass is 260 g/mol. The number of aliphatic hydroxyl groups is 1. The summed E-state index contributed by atoms with van der Waals surface area (Å²) in [6.07, 6.45) is 3.33. The molecule has 0 saturated carbocycles. The van der Waals surface area contributed by atoms with Crippen LogP contribution in [-0.2, 0) is 5.60 Å². The molecule has 0 radical (unpaired) electrons. The van der Waals surface area contributed by atoms with Gasteiger partial charge in [0.2, 0.25) is 0 Å². The Hall–Kier alpha value is -1.52. The Morgan fingerprint density at radius 1 is 1.28 bits per heavy atom. The van der Waals surface area contributed by atoms with E-state index in [4.69, 9.17) is 5.73 Å². The van der Waals surface area contributed by atoms with E-state index < -0.39 is 5.60 Å². The molecule has 0 aliphatic rings. The van der Waals surface area contributed by atoms with Gasteiger partial charge in [-0.3, -0.25) is 4.98 Å². The van der Waals surface area contributed by atoms with Gasteiger partial charge >= 0.3 is 0 Å². The summed E-state index contributed by atoms with van der Waals surface area (Å²) in [5.74, 6) is 0.547. The predicted molar refractivity (Wildman–Crippen MR) is 75.4 cm³/mol. The third-order valence-electron chi connectivity index (χ3n) is 2.71. The Balaban J connectivity index is 2.08. The average Bonchev–Trinajstić information content (AvgIpc) is 2.39. The normalized spacial score (nSPS) is 14.1. The minimum absolute atomic E-state index is 0.547. The van der Waals surface area contributed by atoms with Crippen LogP contribution in [0.25, 0.3) is 0 Å². The fourth-order valence-electron chi connectivity index (χ4n) is 1.62. The van der Waals surface area contributed by atoms with Crippen LogP contribution in [0.4, 0.5) is 5.69 Å². The molecule has 0 bridgehead atoms. The van der Waals surface area contributed by atoms with Gasteiger partial charge in [-0.1, -0.05) is 30.3 Å². The van der Waals surface area contributed by atoms with E-state index in [-0.39, 0.29) is 0 Å². The molecule has 1 unspecified atom stereocenters. The van der Waals surface area contributed by atoms with E-state index >= 15 is 0 Å². The van der Waals surface area contributed by atoms with Crippen molar-refractivity contribution in [2.24, 2.45) is 0 Å². The van der Waals surface area contributed by atoms with Gasteiger partial charge in [-0.05, 0) is 18.6 Å². The maximum Gasteiger partial charge on any atom is 0.0962 e. The fraction of sp³-hybridized carbons (Fsp3) is 0.214. The number of rotatable bonds is 4. The smallest absolute Gasteiger partial charge is 0.0962 e. The molecule has 1 heterocycles. The van der Waals surface area contributed by atoms with Crippen molar-refractivity contribution in [1.29, 1.82) is 0 Å². The van der Waals surface area contributed by atoms with E-state index in [1.807, 2.05) is 43.3 Å². The number of pyridine rings is 1. The molecule has 0 aliphatic carbocycles. The van der Waals surface area contributed by atoms with E-state index in [0.29, 0.717) is 11.4 Å². The van der Waals surface area contributed by atoms with Crippen LogP contribution in [0, 0.1) is 0 Å². The number of hydrogen-bond acceptors (Lipinski definition) is 4. The second-order valence-corrected chi connectivity index (χ2v) is 5.36. The SMILES string of the molecule is CC(O)(CSc1ccncc1N)c1ccccc1. The molecule has 18 heavy (non-hydrogen) atoms. The van der Waals surface area contributed by atoms with Gasteiger partial charge in [-0.2, -0.15) is 0 Å². The van der Waals surface area contributed by atoms with Crippen molar-refractivity contribution in [2.75, 3.05) is 11.5 Å². The quantitative estimate of drug-likeness (QED) is 0.830. The number of nitrogens with two attached hydrogens (primary N) is 1. The van der Waals surface area contributed by atoms with Gasteiger partial charge in [0.05, 0.1) is 17.5 Å². The molecule has 4 heteroatoms. The van der Waals surface area contributed by atoms with Crippen LogP contribution in [0.3, 0.4) is 0 Å². The molecular weight excluding hydrogens is 244 g/mol. The van der Waals surface area contributed by atoms with Crippen LogP contribution in [0.15, 0.2) is 53.7 Å². The number of anilines is 1. The van der Waals surface area contributed by atoms with Crippen molar-refractivity contribution < 1.29 is 5.11 Å². The molecule has 3 nitrogen and oxygen atoms in total. The Labute approximate surface area is 111 Å². The Morgan fingerprint density at radius 2 is 2.00 bits per heavy atom. The largest absolute Gasteiger partial charge is 0.397 e. The molecule has 2 rings (SSSR count). The summed E-state index contributed by atoms with van der Waals surface area (Å²) < 4.78 is 0. The van der Waals surface area contributed by atoms with Gasteiger partial charge in [0.15, 0.2) is 0 Å². The summed E-state index contributed by atoms with van der Waals surface area (Å²) in [5.41, 5.74) is 6.50. The lowest BCUT2D eigenvalue weighted by Gasteiger charge is -2.23. The molecule has 0 spiro atoms. The summed E-state index contributed by atoms with van der Waals surface area (Å²) in [7, 11) is 0. The van der Waals surface area contributed by atoms with Crippen LogP contribution in [0.5, 0.6) is 0 Å². The van der Waals surface area contributed by atoms with E-state index in [1.165, 1.54) is 11.8 Å². The van der Waals surface area contributed by atoms with Gasteiger partial charge in [-0.25, -0.2) is 0 Å². The third-order valence-corrected chi connectivity index (χ3v) is 4.10. The third kappa shape index (κ3) is 3.03.